The fraction of sp³-hybridized carbons (Fsp3) is 0.300. The molecule has 5 rings (SSSR count). The maximum Gasteiger partial charge on any atom is 0.177 e. The molecule has 0 saturated carbocycles. The number of benzene rings is 1. The zero-order valence-corrected chi connectivity index (χ0v) is 16.5. The van der Waals surface area contributed by atoms with Gasteiger partial charge in [0.2, 0.25) is 0 Å². The van der Waals surface area contributed by atoms with Gasteiger partial charge in [0, 0.05) is 22.8 Å². The summed E-state index contributed by atoms with van der Waals surface area (Å²) in [5, 5.41) is 6.49. The van der Waals surface area contributed by atoms with Crippen molar-refractivity contribution in [2.24, 2.45) is 5.92 Å². The quantitative estimate of drug-likeness (QED) is 0.521. The fourth-order valence-electron chi connectivity index (χ4n) is 3.55. The smallest absolute Gasteiger partial charge is 0.177 e. The van der Waals surface area contributed by atoms with E-state index < -0.39 is 0 Å². The highest BCUT2D eigenvalue weighted by Gasteiger charge is 2.50. The van der Waals surface area contributed by atoms with E-state index >= 15 is 0 Å². The number of Topliss-reactive ketones (excluding diaryl/α,β-unsaturated/α-hetero) is 1. The van der Waals surface area contributed by atoms with Gasteiger partial charge in [0.25, 0.3) is 0 Å². The Bertz CT molecular complexity index is 1010. The number of carbonyl (C=O) groups excluding carboxylic acids is 1. The summed E-state index contributed by atoms with van der Waals surface area (Å²) in [6.45, 7) is 2.18. The predicted octanol–water partition coefficient (Wildman–Crippen LogP) is 3.69. The van der Waals surface area contributed by atoms with Crippen LogP contribution in [0.25, 0.3) is 5.57 Å². The third kappa shape index (κ3) is 2.97. The SMILES string of the molecule is CCC(=O)c1ccc(F)c2c1OC[C@H]1C(NC3OC3Nc3ccc(Br)cn3)=C21. The van der Waals surface area contributed by atoms with Crippen molar-refractivity contribution < 1.29 is 18.7 Å². The van der Waals surface area contributed by atoms with Gasteiger partial charge in [-0.1, -0.05) is 6.92 Å². The topological polar surface area (TPSA) is 75.8 Å². The molecule has 28 heavy (non-hydrogen) atoms. The van der Waals surface area contributed by atoms with E-state index in [1.165, 1.54) is 12.1 Å². The Labute approximate surface area is 169 Å². The second-order valence-electron chi connectivity index (χ2n) is 6.89. The number of fused-ring (bicyclic) bond motifs is 3. The van der Waals surface area contributed by atoms with E-state index in [4.69, 9.17) is 9.47 Å². The molecule has 1 saturated heterocycles. The lowest BCUT2D eigenvalue weighted by Crippen LogP contribution is -2.21. The zero-order valence-electron chi connectivity index (χ0n) is 15.0. The van der Waals surface area contributed by atoms with Gasteiger partial charge in [0.15, 0.2) is 18.2 Å². The number of halogens is 2. The van der Waals surface area contributed by atoms with Crippen LogP contribution in [0.2, 0.25) is 0 Å². The first-order chi connectivity index (χ1) is 13.6. The molecule has 2 aliphatic heterocycles. The van der Waals surface area contributed by atoms with Crippen LogP contribution in [-0.2, 0) is 4.74 Å². The molecule has 1 aliphatic carbocycles. The summed E-state index contributed by atoms with van der Waals surface area (Å²) in [7, 11) is 0. The van der Waals surface area contributed by atoms with Crippen LogP contribution in [0.5, 0.6) is 5.75 Å². The molecule has 2 unspecified atom stereocenters. The zero-order chi connectivity index (χ0) is 19.4. The Morgan fingerprint density at radius 3 is 2.86 bits per heavy atom. The minimum absolute atomic E-state index is 0.0182. The van der Waals surface area contributed by atoms with E-state index in [1.807, 2.05) is 12.1 Å². The molecule has 1 aromatic carbocycles. The van der Waals surface area contributed by atoms with Crippen molar-refractivity contribution in [3.63, 3.8) is 0 Å². The summed E-state index contributed by atoms with van der Waals surface area (Å²) in [4.78, 5) is 16.4. The normalized spacial score (nSPS) is 24.0. The number of nitrogens with zero attached hydrogens (tertiary/aromatic N) is 1. The Morgan fingerprint density at radius 1 is 1.29 bits per heavy atom. The number of carbonyl (C=O) groups is 1. The summed E-state index contributed by atoms with van der Waals surface area (Å²) in [5.74, 6) is 0.669. The van der Waals surface area contributed by atoms with Gasteiger partial charge in [-0.15, -0.1) is 0 Å². The highest BCUT2D eigenvalue weighted by atomic mass is 79.9. The molecule has 3 aliphatic rings. The van der Waals surface area contributed by atoms with Crippen molar-refractivity contribution >= 4 is 33.1 Å². The van der Waals surface area contributed by atoms with Crippen molar-refractivity contribution in [3.05, 3.63) is 57.6 Å². The van der Waals surface area contributed by atoms with Crippen molar-refractivity contribution in [2.45, 2.75) is 25.8 Å². The second-order valence-corrected chi connectivity index (χ2v) is 7.81. The number of epoxide rings is 1. The van der Waals surface area contributed by atoms with E-state index in [9.17, 15) is 9.18 Å². The summed E-state index contributed by atoms with van der Waals surface area (Å²) < 4.78 is 26.8. The molecule has 1 fully saturated rings. The van der Waals surface area contributed by atoms with Crippen LogP contribution in [0.15, 0.2) is 40.6 Å². The van der Waals surface area contributed by atoms with Gasteiger partial charge >= 0.3 is 0 Å². The first kappa shape index (κ1) is 17.6. The average molecular weight is 446 g/mol. The summed E-state index contributed by atoms with van der Waals surface area (Å²) in [5.41, 5.74) is 2.63. The Morgan fingerprint density at radius 2 is 2.11 bits per heavy atom. The summed E-state index contributed by atoms with van der Waals surface area (Å²) in [6, 6.07) is 6.60. The van der Waals surface area contributed by atoms with Gasteiger partial charge in [-0.3, -0.25) is 4.79 Å². The fourth-order valence-corrected chi connectivity index (χ4v) is 3.79. The third-order valence-corrected chi connectivity index (χ3v) is 5.57. The number of aromatic nitrogens is 1. The molecule has 0 radical (unpaired) electrons. The standard InChI is InChI=1S/C20H17BrFN3O3/c1-2-13(26)10-4-5-12(22)16-15-11(8-27-18(10)16)17(15)25-20-19(28-20)24-14-6-3-9(21)7-23-14/h3-7,11,19-20,25H,2,8H2,1H3,(H,23,24)/t11-,19?,20?/m1/s1. The molecule has 1 aromatic heterocycles. The minimum Gasteiger partial charge on any atom is -0.491 e. The van der Waals surface area contributed by atoms with Crippen LogP contribution in [0.4, 0.5) is 10.2 Å². The number of ether oxygens (including phenoxy) is 2. The number of pyridine rings is 1. The van der Waals surface area contributed by atoms with Crippen molar-refractivity contribution in [2.75, 3.05) is 11.9 Å². The van der Waals surface area contributed by atoms with Crippen molar-refractivity contribution in [3.8, 4) is 5.75 Å². The monoisotopic (exact) mass is 445 g/mol. The molecule has 2 N–H and O–H groups in total. The molecule has 144 valence electrons. The van der Waals surface area contributed by atoms with Crippen LogP contribution >= 0.6 is 15.9 Å². The van der Waals surface area contributed by atoms with Crippen LogP contribution in [0, 0.1) is 11.7 Å². The number of hydrogen-bond donors (Lipinski definition) is 2. The number of rotatable bonds is 6. The van der Waals surface area contributed by atoms with Gasteiger partial charge in [-0.25, -0.2) is 9.37 Å². The van der Waals surface area contributed by atoms with E-state index in [2.05, 4.69) is 31.5 Å². The van der Waals surface area contributed by atoms with Crippen LogP contribution in [0.1, 0.15) is 29.3 Å². The lowest BCUT2D eigenvalue weighted by molar-refractivity contribution is 0.0983. The largest absolute Gasteiger partial charge is 0.491 e. The Balaban J connectivity index is 1.33. The molecule has 0 spiro atoms. The number of nitrogens with one attached hydrogen (secondary N) is 2. The van der Waals surface area contributed by atoms with Crippen LogP contribution in [0.3, 0.4) is 0 Å². The first-order valence-electron chi connectivity index (χ1n) is 9.10. The summed E-state index contributed by atoms with van der Waals surface area (Å²) >= 11 is 3.35. The molecule has 3 atom stereocenters. The lowest BCUT2D eigenvalue weighted by Gasteiger charge is -2.19. The maximum atomic E-state index is 14.5. The lowest BCUT2D eigenvalue weighted by atomic mass is 9.98. The molecule has 2 aromatic rings. The van der Waals surface area contributed by atoms with E-state index in [0.717, 1.165) is 15.7 Å². The third-order valence-electron chi connectivity index (χ3n) is 5.10. The van der Waals surface area contributed by atoms with Crippen molar-refractivity contribution in [1.82, 2.24) is 10.3 Å². The van der Waals surface area contributed by atoms with Crippen LogP contribution < -0.4 is 15.4 Å². The molecule has 0 amide bonds. The van der Waals surface area contributed by atoms with Gasteiger partial charge in [0.1, 0.15) is 24.0 Å². The summed E-state index contributed by atoms with van der Waals surface area (Å²) in [6.07, 6.45) is 1.63. The molecule has 8 heteroatoms. The van der Waals surface area contributed by atoms with E-state index in [1.54, 1.807) is 13.1 Å². The second kappa shape index (κ2) is 6.56. The van der Waals surface area contributed by atoms with Gasteiger partial charge in [-0.05, 0) is 45.8 Å². The Hall–Kier alpha value is -2.45. The number of hydrogen-bond acceptors (Lipinski definition) is 6. The van der Waals surface area contributed by atoms with E-state index in [0.29, 0.717) is 35.7 Å². The first-order valence-corrected chi connectivity index (χ1v) is 9.89. The predicted molar refractivity (Wildman–Crippen MR) is 104 cm³/mol. The van der Waals surface area contributed by atoms with Crippen molar-refractivity contribution in [1.29, 1.82) is 0 Å². The molecule has 0 bridgehead atoms. The molecule has 6 nitrogen and oxygen atoms in total. The van der Waals surface area contributed by atoms with E-state index in [-0.39, 0.29) is 30.0 Å². The maximum absolute atomic E-state index is 14.5. The van der Waals surface area contributed by atoms with Gasteiger partial charge in [0.05, 0.1) is 17.0 Å². The highest BCUT2D eigenvalue weighted by molar-refractivity contribution is 9.10. The number of ketones is 1. The highest BCUT2D eigenvalue weighted by Crippen LogP contribution is 2.54. The van der Waals surface area contributed by atoms with Crippen LogP contribution in [-0.4, -0.2) is 29.8 Å². The Kier molecular flexibility index (Phi) is 4.13. The molecular weight excluding hydrogens is 429 g/mol. The molecule has 3 heterocycles. The van der Waals surface area contributed by atoms with Gasteiger partial charge < -0.3 is 20.1 Å². The minimum atomic E-state index is -0.371. The number of anilines is 1. The van der Waals surface area contributed by atoms with Gasteiger partial charge in [-0.2, -0.15) is 0 Å². The average Bonchev–Trinajstić information content (AvgIpc) is 3.61. The molecular formula is C20H17BrFN3O3.